The number of ether oxygens (including phenoxy) is 1. The second-order valence-electron chi connectivity index (χ2n) is 4.52. The van der Waals surface area contributed by atoms with E-state index in [4.69, 9.17) is 10.00 Å². The van der Waals surface area contributed by atoms with Crippen LogP contribution in [0.25, 0.3) is 6.08 Å². The Hall–Kier alpha value is -2.28. The number of hydrogen-bond donors (Lipinski definition) is 1. The fraction of sp³-hybridized carbons (Fsp3) is 0.333. The zero-order valence-electron chi connectivity index (χ0n) is 11.7. The first-order chi connectivity index (χ1) is 8.97. The number of nitriles is 1. The number of aryl methyl sites for hydroxylation is 1. The largest absolute Gasteiger partial charge is 0.497 e. The van der Waals surface area contributed by atoms with Gasteiger partial charge in [0.05, 0.1) is 7.11 Å². The van der Waals surface area contributed by atoms with Gasteiger partial charge < -0.3 is 10.1 Å². The van der Waals surface area contributed by atoms with Crippen LogP contribution in [0.3, 0.4) is 0 Å². The summed E-state index contributed by atoms with van der Waals surface area (Å²) in [5.74, 6) is 0.396. The number of nitrogens with one attached hydrogen (secondary N) is 1. The van der Waals surface area contributed by atoms with E-state index in [1.54, 1.807) is 19.3 Å². The van der Waals surface area contributed by atoms with Crippen molar-refractivity contribution in [3.8, 4) is 11.8 Å². The molecule has 4 nitrogen and oxygen atoms in total. The van der Waals surface area contributed by atoms with E-state index in [1.165, 1.54) is 0 Å². The summed E-state index contributed by atoms with van der Waals surface area (Å²) in [4.78, 5) is 11.8. The van der Waals surface area contributed by atoms with Crippen LogP contribution >= 0.6 is 0 Å². The molecule has 0 aliphatic rings. The van der Waals surface area contributed by atoms with Crippen LogP contribution in [0.15, 0.2) is 23.8 Å². The fourth-order valence-electron chi connectivity index (χ4n) is 1.58. The zero-order chi connectivity index (χ0) is 14.4. The van der Waals surface area contributed by atoms with E-state index in [0.717, 1.165) is 16.9 Å². The van der Waals surface area contributed by atoms with Gasteiger partial charge in [-0.15, -0.1) is 0 Å². The maximum Gasteiger partial charge on any atom is 0.262 e. The van der Waals surface area contributed by atoms with Gasteiger partial charge in [0.2, 0.25) is 0 Å². The minimum atomic E-state index is -0.354. The molecule has 1 aromatic rings. The Bertz CT molecular complexity index is 540. The predicted octanol–water partition coefficient (Wildman–Crippen LogP) is 2.44. The highest BCUT2D eigenvalue weighted by molar-refractivity contribution is 6.01. The van der Waals surface area contributed by atoms with Crippen molar-refractivity contribution in [2.75, 3.05) is 7.11 Å². The Morgan fingerprint density at radius 1 is 1.47 bits per heavy atom. The SMILES string of the molecule is COc1ccc(/C=C(/C#N)C(=O)NC(C)C)c(C)c1. The summed E-state index contributed by atoms with van der Waals surface area (Å²) in [6.07, 6.45) is 1.59. The molecule has 19 heavy (non-hydrogen) atoms. The van der Waals surface area contributed by atoms with Gasteiger partial charge >= 0.3 is 0 Å². The third kappa shape index (κ3) is 4.14. The van der Waals surface area contributed by atoms with Crippen LogP contribution in [0, 0.1) is 18.3 Å². The molecule has 0 spiro atoms. The molecular formula is C15H18N2O2. The van der Waals surface area contributed by atoms with Crippen LogP contribution < -0.4 is 10.1 Å². The Balaban J connectivity index is 3.05. The van der Waals surface area contributed by atoms with Gasteiger partial charge in [-0.3, -0.25) is 4.79 Å². The van der Waals surface area contributed by atoms with Crippen molar-refractivity contribution in [1.82, 2.24) is 5.32 Å². The average molecular weight is 258 g/mol. The lowest BCUT2D eigenvalue weighted by Gasteiger charge is -2.08. The van der Waals surface area contributed by atoms with Gasteiger partial charge in [-0.1, -0.05) is 6.07 Å². The number of nitrogens with zero attached hydrogens (tertiary/aromatic N) is 1. The van der Waals surface area contributed by atoms with E-state index in [2.05, 4.69) is 5.32 Å². The van der Waals surface area contributed by atoms with Gasteiger partial charge in [0.15, 0.2) is 0 Å². The van der Waals surface area contributed by atoms with E-state index in [1.807, 2.05) is 39.0 Å². The molecule has 0 aliphatic carbocycles. The van der Waals surface area contributed by atoms with Gasteiger partial charge in [0.1, 0.15) is 17.4 Å². The highest BCUT2D eigenvalue weighted by Crippen LogP contribution is 2.19. The monoisotopic (exact) mass is 258 g/mol. The minimum Gasteiger partial charge on any atom is -0.497 e. The molecule has 0 saturated heterocycles. The fourth-order valence-corrected chi connectivity index (χ4v) is 1.58. The molecule has 0 bridgehead atoms. The second-order valence-corrected chi connectivity index (χ2v) is 4.52. The van der Waals surface area contributed by atoms with Crippen molar-refractivity contribution in [2.24, 2.45) is 0 Å². The van der Waals surface area contributed by atoms with Crippen LogP contribution in [0.2, 0.25) is 0 Å². The predicted molar refractivity (Wildman–Crippen MR) is 74.6 cm³/mol. The van der Waals surface area contributed by atoms with Gasteiger partial charge in [-0.2, -0.15) is 5.26 Å². The number of rotatable bonds is 4. The van der Waals surface area contributed by atoms with E-state index in [9.17, 15) is 4.79 Å². The summed E-state index contributed by atoms with van der Waals surface area (Å²) >= 11 is 0. The molecule has 0 heterocycles. The summed E-state index contributed by atoms with van der Waals surface area (Å²) in [5, 5.41) is 11.8. The van der Waals surface area contributed by atoms with Crippen molar-refractivity contribution in [3.63, 3.8) is 0 Å². The minimum absolute atomic E-state index is 0.00112. The summed E-state index contributed by atoms with van der Waals surface area (Å²) in [6.45, 7) is 5.61. The van der Waals surface area contributed by atoms with Crippen molar-refractivity contribution < 1.29 is 9.53 Å². The average Bonchev–Trinajstić information content (AvgIpc) is 2.36. The van der Waals surface area contributed by atoms with Crippen LogP contribution in [0.4, 0.5) is 0 Å². The molecular weight excluding hydrogens is 240 g/mol. The van der Waals surface area contributed by atoms with E-state index >= 15 is 0 Å². The Morgan fingerprint density at radius 2 is 2.16 bits per heavy atom. The first-order valence-corrected chi connectivity index (χ1v) is 6.05. The molecule has 0 atom stereocenters. The van der Waals surface area contributed by atoms with Gasteiger partial charge in [-0.25, -0.2) is 0 Å². The lowest BCUT2D eigenvalue weighted by atomic mass is 10.1. The summed E-state index contributed by atoms with van der Waals surface area (Å²) in [7, 11) is 1.60. The molecule has 4 heteroatoms. The Morgan fingerprint density at radius 3 is 2.63 bits per heavy atom. The highest BCUT2D eigenvalue weighted by atomic mass is 16.5. The second kappa shape index (κ2) is 6.60. The quantitative estimate of drug-likeness (QED) is 0.666. The number of amides is 1. The molecule has 1 rings (SSSR count). The topological polar surface area (TPSA) is 62.1 Å². The van der Waals surface area contributed by atoms with Crippen LogP contribution in [-0.4, -0.2) is 19.1 Å². The first kappa shape index (κ1) is 14.8. The smallest absolute Gasteiger partial charge is 0.262 e. The number of hydrogen-bond acceptors (Lipinski definition) is 3. The Labute approximate surface area is 113 Å². The van der Waals surface area contributed by atoms with Gasteiger partial charge in [0.25, 0.3) is 5.91 Å². The number of carbonyl (C=O) groups excluding carboxylic acids is 1. The molecule has 0 fully saturated rings. The summed E-state index contributed by atoms with van der Waals surface area (Å²) < 4.78 is 5.12. The van der Waals surface area contributed by atoms with E-state index in [0.29, 0.717) is 0 Å². The molecule has 0 radical (unpaired) electrons. The molecule has 1 N–H and O–H groups in total. The van der Waals surface area contributed by atoms with Crippen LogP contribution in [-0.2, 0) is 4.79 Å². The third-order valence-electron chi connectivity index (χ3n) is 2.56. The standard InChI is InChI=1S/C15H18N2O2/c1-10(2)17-15(18)13(9-16)8-12-5-6-14(19-4)7-11(12)3/h5-8,10H,1-4H3,(H,17,18)/b13-8-. The molecule has 0 aromatic heterocycles. The van der Waals surface area contributed by atoms with E-state index in [-0.39, 0.29) is 17.5 Å². The van der Waals surface area contributed by atoms with Gasteiger partial charge in [0, 0.05) is 6.04 Å². The molecule has 100 valence electrons. The Kier molecular flexibility index (Phi) is 5.13. The van der Waals surface area contributed by atoms with Crippen molar-refractivity contribution in [1.29, 1.82) is 5.26 Å². The lowest BCUT2D eigenvalue weighted by molar-refractivity contribution is -0.117. The highest BCUT2D eigenvalue weighted by Gasteiger charge is 2.10. The van der Waals surface area contributed by atoms with E-state index < -0.39 is 0 Å². The molecule has 1 aromatic carbocycles. The molecule has 0 saturated carbocycles. The third-order valence-corrected chi connectivity index (χ3v) is 2.56. The van der Waals surface area contributed by atoms with Crippen LogP contribution in [0.5, 0.6) is 5.75 Å². The van der Waals surface area contributed by atoms with Crippen molar-refractivity contribution in [3.05, 3.63) is 34.9 Å². The number of carbonyl (C=O) groups is 1. The lowest BCUT2D eigenvalue weighted by Crippen LogP contribution is -2.30. The maximum atomic E-state index is 11.8. The van der Waals surface area contributed by atoms with Crippen molar-refractivity contribution >= 4 is 12.0 Å². The molecule has 1 amide bonds. The normalized spacial score (nSPS) is 11.1. The van der Waals surface area contributed by atoms with Crippen molar-refractivity contribution in [2.45, 2.75) is 26.8 Å². The molecule has 0 unspecified atom stereocenters. The number of benzene rings is 1. The number of methoxy groups -OCH3 is 1. The van der Waals surface area contributed by atoms with Crippen LogP contribution in [0.1, 0.15) is 25.0 Å². The zero-order valence-corrected chi connectivity index (χ0v) is 11.7. The van der Waals surface area contributed by atoms with Gasteiger partial charge in [-0.05, 0) is 50.1 Å². The molecule has 0 aliphatic heterocycles. The summed E-state index contributed by atoms with van der Waals surface area (Å²) in [5.41, 5.74) is 1.88. The summed E-state index contributed by atoms with van der Waals surface area (Å²) in [6, 6.07) is 7.42. The first-order valence-electron chi connectivity index (χ1n) is 6.05. The maximum absolute atomic E-state index is 11.8.